The van der Waals surface area contributed by atoms with Crippen molar-refractivity contribution >= 4 is 29.0 Å². The lowest BCUT2D eigenvalue weighted by Gasteiger charge is -1.95. The Morgan fingerprint density at radius 3 is 3.07 bits per heavy atom. The fraction of sp³-hybridized carbons (Fsp3) is 0. The lowest BCUT2D eigenvalue weighted by molar-refractivity contribution is 0.112. The number of carbonyl (C=O) groups is 1. The molecule has 0 aliphatic heterocycles. The molecule has 2 rings (SSSR count). The van der Waals surface area contributed by atoms with Gasteiger partial charge in [0.05, 0.1) is 0 Å². The van der Waals surface area contributed by atoms with E-state index in [1.807, 2.05) is 17.5 Å². The van der Waals surface area contributed by atoms with Crippen molar-refractivity contribution in [1.29, 1.82) is 5.26 Å². The third-order valence-corrected chi connectivity index (χ3v) is 2.62. The summed E-state index contributed by atoms with van der Waals surface area (Å²) in [5.41, 5.74) is 1.49. The number of nitrogens with zero attached hydrogens (tertiary/aromatic N) is 1. The Hall–Kier alpha value is -1.73. The van der Waals surface area contributed by atoms with Gasteiger partial charge in [-0.2, -0.15) is 5.26 Å². The first kappa shape index (κ1) is 8.85. The van der Waals surface area contributed by atoms with Crippen molar-refractivity contribution < 1.29 is 4.79 Å². The monoisotopic (exact) mass is 202 g/mol. The van der Waals surface area contributed by atoms with Crippen LogP contribution in [0.4, 0.5) is 0 Å². The maximum atomic E-state index is 10.8. The molecule has 0 amide bonds. The van der Waals surface area contributed by atoms with Gasteiger partial charge in [-0.05, 0) is 17.8 Å². The molecular formula is C10H6N2OS. The van der Waals surface area contributed by atoms with E-state index in [2.05, 4.69) is 4.98 Å². The van der Waals surface area contributed by atoms with Crippen molar-refractivity contribution in [2.75, 3.05) is 0 Å². The van der Waals surface area contributed by atoms with Crippen LogP contribution in [0, 0.1) is 10.7 Å². The number of thiocyanates is 1. The summed E-state index contributed by atoms with van der Waals surface area (Å²) in [5, 5.41) is 11.4. The number of hydrogen-bond acceptors (Lipinski definition) is 3. The smallest absolute Gasteiger partial charge is 0.150 e. The molecule has 0 aliphatic carbocycles. The van der Waals surface area contributed by atoms with E-state index in [1.54, 1.807) is 12.3 Å². The van der Waals surface area contributed by atoms with Crippen LogP contribution in [-0.4, -0.2) is 11.3 Å². The number of H-pyrrole nitrogens is 1. The van der Waals surface area contributed by atoms with Gasteiger partial charge in [0, 0.05) is 27.6 Å². The number of aldehydes is 1. The Morgan fingerprint density at radius 2 is 2.36 bits per heavy atom. The van der Waals surface area contributed by atoms with E-state index in [-0.39, 0.29) is 0 Å². The first-order valence-electron chi connectivity index (χ1n) is 3.98. The van der Waals surface area contributed by atoms with Gasteiger partial charge in [0.2, 0.25) is 0 Å². The molecule has 0 atom stereocenters. The number of aromatic nitrogens is 1. The van der Waals surface area contributed by atoms with E-state index < -0.39 is 0 Å². The molecule has 0 radical (unpaired) electrons. The van der Waals surface area contributed by atoms with Crippen LogP contribution in [0.25, 0.3) is 10.9 Å². The van der Waals surface area contributed by atoms with Crippen LogP contribution in [0.3, 0.4) is 0 Å². The summed E-state index contributed by atoms with van der Waals surface area (Å²) < 4.78 is 0. The zero-order chi connectivity index (χ0) is 9.97. The molecule has 1 heterocycles. The van der Waals surface area contributed by atoms with Gasteiger partial charge in [-0.15, -0.1) is 0 Å². The Kier molecular flexibility index (Phi) is 2.25. The third kappa shape index (κ3) is 1.28. The summed E-state index contributed by atoms with van der Waals surface area (Å²) in [4.78, 5) is 14.6. The number of hydrogen-bond donors (Lipinski definition) is 1. The van der Waals surface area contributed by atoms with Gasteiger partial charge in [-0.3, -0.25) is 4.79 Å². The second-order valence-corrected chi connectivity index (χ2v) is 3.56. The first-order valence-corrected chi connectivity index (χ1v) is 4.79. The van der Waals surface area contributed by atoms with Gasteiger partial charge < -0.3 is 4.98 Å². The minimum atomic E-state index is 0.613. The number of aromatic amines is 1. The van der Waals surface area contributed by atoms with E-state index in [9.17, 15) is 4.79 Å². The second kappa shape index (κ2) is 3.56. The summed E-state index contributed by atoms with van der Waals surface area (Å²) >= 11 is 1.06. The van der Waals surface area contributed by atoms with Gasteiger partial charge in [0.25, 0.3) is 0 Å². The molecule has 0 saturated heterocycles. The number of rotatable bonds is 2. The van der Waals surface area contributed by atoms with Crippen molar-refractivity contribution in [3.05, 3.63) is 30.0 Å². The van der Waals surface area contributed by atoms with Gasteiger partial charge in [-0.1, -0.05) is 12.1 Å². The molecule has 4 heteroatoms. The minimum Gasteiger partial charge on any atom is -0.360 e. The molecule has 1 aromatic heterocycles. The van der Waals surface area contributed by atoms with E-state index in [4.69, 9.17) is 5.26 Å². The highest BCUT2D eigenvalue weighted by molar-refractivity contribution is 8.04. The molecule has 0 unspecified atom stereocenters. The third-order valence-electron chi connectivity index (χ3n) is 1.98. The number of carbonyl (C=O) groups excluding carboxylic acids is 1. The minimum absolute atomic E-state index is 0.613. The van der Waals surface area contributed by atoms with Gasteiger partial charge in [0.15, 0.2) is 6.29 Å². The van der Waals surface area contributed by atoms with Gasteiger partial charge in [0.1, 0.15) is 5.40 Å². The van der Waals surface area contributed by atoms with Gasteiger partial charge in [-0.25, -0.2) is 0 Å². The summed E-state index contributed by atoms with van der Waals surface area (Å²) in [6.45, 7) is 0. The molecule has 68 valence electrons. The highest BCUT2D eigenvalue weighted by Gasteiger charge is 2.07. The normalized spacial score (nSPS) is 9.93. The average molecular weight is 202 g/mol. The van der Waals surface area contributed by atoms with E-state index in [1.165, 1.54) is 0 Å². The van der Waals surface area contributed by atoms with Crippen molar-refractivity contribution in [2.45, 2.75) is 4.90 Å². The number of nitriles is 1. The zero-order valence-corrected chi connectivity index (χ0v) is 7.97. The van der Waals surface area contributed by atoms with Crippen LogP contribution in [0.5, 0.6) is 0 Å². The number of fused-ring (bicyclic) bond motifs is 1. The van der Waals surface area contributed by atoms with E-state index in [0.29, 0.717) is 5.56 Å². The first-order chi connectivity index (χ1) is 6.86. The molecule has 0 spiro atoms. The Balaban J connectivity index is 2.75. The molecule has 1 N–H and O–H groups in total. The second-order valence-electron chi connectivity index (χ2n) is 2.73. The predicted molar refractivity (Wildman–Crippen MR) is 55.2 cm³/mol. The molecule has 0 bridgehead atoms. The van der Waals surface area contributed by atoms with Crippen LogP contribution >= 0.6 is 11.8 Å². The van der Waals surface area contributed by atoms with Crippen LogP contribution < -0.4 is 0 Å². The lowest BCUT2D eigenvalue weighted by Crippen LogP contribution is -1.80. The summed E-state index contributed by atoms with van der Waals surface area (Å²) in [5.74, 6) is 0. The maximum absolute atomic E-state index is 10.8. The molecule has 1 aromatic carbocycles. The number of thioether (sulfide) groups is 1. The molecule has 0 aliphatic rings. The lowest BCUT2D eigenvalue weighted by atomic mass is 10.1. The highest BCUT2D eigenvalue weighted by atomic mass is 32.2. The Bertz CT molecular complexity index is 524. The fourth-order valence-corrected chi connectivity index (χ4v) is 1.95. The number of benzene rings is 1. The van der Waals surface area contributed by atoms with Crippen LogP contribution in [0.1, 0.15) is 10.4 Å². The molecule has 0 fully saturated rings. The van der Waals surface area contributed by atoms with Crippen LogP contribution in [0.15, 0.2) is 29.3 Å². The topological polar surface area (TPSA) is 56.6 Å². The Labute approximate surface area is 84.7 Å². The molecule has 14 heavy (non-hydrogen) atoms. The molecule has 2 aromatic rings. The zero-order valence-electron chi connectivity index (χ0n) is 7.15. The average Bonchev–Trinajstić information content (AvgIpc) is 2.62. The SMILES string of the molecule is N#CSc1c[nH]c2cccc(C=O)c12. The van der Waals surface area contributed by atoms with Crippen molar-refractivity contribution in [3.8, 4) is 5.40 Å². The largest absolute Gasteiger partial charge is 0.360 e. The van der Waals surface area contributed by atoms with Crippen LogP contribution in [0.2, 0.25) is 0 Å². The maximum Gasteiger partial charge on any atom is 0.150 e. The summed E-state index contributed by atoms with van der Waals surface area (Å²) in [7, 11) is 0. The van der Waals surface area contributed by atoms with Crippen molar-refractivity contribution in [1.82, 2.24) is 4.98 Å². The Morgan fingerprint density at radius 1 is 1.50 bits per heavy atom. The van der Waals surface area contributed by atoms with Gasteiger partial charge >= 0.3 is 0 Å². The fourth-order valence-electron chi connectivity index (χ4n) is 1.41. The standard InChI is InChI=1S/C10H6N2OS/c11-6-14-9-4-12-8-3-1-2-7(5-13)10(8)9/h1-5,12H. The van der Waals surface area contributed by atoms with E-state index in [0.717, 1.165) is 33.8 Å². The molecular weight excluding hydrogens is 196 g/mol. The molecule has 3 nitrogen and oxygen atoms in total. The summed E-state index contributed by atoms with van der Waals surface area (Å²) in [6.07, 6.45) is 2.54. The highest BCUT2D eigenvalue weighted by Crippen LogP contribution is 2.29. The number of nitrogens with one attached hydrogen (secondary N) is 1. The summed E-state index contributed by atoms with van der Waals surface area (Å²) in [6, 6.07) is 5.43. The molecule has 0 saturated carbocycles. The van der Waals surface area contributed by atoms with Crippen molar-refractivity contribution in [2.24, 2.45) is 0 Å². The predicted octanol–water partition coefficient (Wildman–Crippen LogP) is 2.55. The van der Waals surface area contributed by atoms with Crippen molar-refractivity contribution in [3.63, 3.8) is 0 Å². The quantitative estimate of drug-likeness (QED) is 0.462. The van der Waals surface area contributed by atoms with Crippen LogP contribution in [-0.2, 0) is 0 Å². The van der Waals surface area contributed by atoms with E-state index >= 15 is 0 Å².